The van der Waals surface area contributed by atoms with Crippen LogP contribution in [-0.4, -0.2) is 84.8 Å². The van der Waals surface area contributed by atoms with Crippen molar-refractivity contribution in [2.75, 3.05) is 45.1 Å². The summed E-state index contributed by atoms with van der Waals surface area (Å²) in [5.41, 5.74) is -0.739. The van der Waals surface area contributed by atoms with Crippen molar-refractivity contribution >= 4 is 39.6 Å². The molecule has 2 saturated heterocycles. The molecule has 3 aromatic carbocycles. The molecule has 4 aromatic rings. The summed E-state index contributed by atoms with van der Waals surface area (Å²) in [4.78, 5) is 38.4. The van der Waals surface area contributed by atoms with E-state index in [4.69, 9.17) is 28.7 Å². The minimum atomic E-state index is -0.876. The van der Waals surface area contributed by atoms with E-state index in [9.17, 15) is 9.59 Å². The second-order valence-corrected chi connectivity index (χ2v) is 14.4. The van der Waals surface area contributed by atoms with Gasteiger partial charge in [0, 0.05) is 31.5 Å². The predicted molar refractivity (Wildman–Crippen MR) is 186 cm³/mol. The molecule has 2 aliphatic heterocycles. The summed E-state index contributed by atoms with van der Waals surface area (Å²) in [5, 5.41) is 1.53. The Balaban J connectivity index is 1.30. The average molecular weight is 705 g/mol. The molecule has 1 aromatic heterocycles. The van der Waals surface area contributed by atoms with E-state index in [0.29, 0.717) is 36.5 Å². The lowest BCUT2D eigenvalue weighted by Gasteiger charge is -2.42. The number of aromatic nitrogens is 2. The van der Waals surface area contributed by atoms with Crippen LogP contribution in [0.3, 0.4) is 0 Å². The van der Waals surface area contributed by atoms with E-state index in [1.165, 1.54) is 13.2 Å². The van der Waals surface area contributed by atoms with Gasteiger partial charge in [-0.05, 0) is 81.5 Å². The van der Waals surface area contributed by atoms with Crippen LogP contribution in [0.25, 0.3) is 32.8 Å². The minimum absolute atomic E-state index is 0.0427. The van der Waals surface area contributed by atoms with Crippen molar-refractivity contribution in [3.8, 4) is 22.9 Å². The second kappa shape index (κ2) is 13.7. The standard InChI is InChI=1S/C38H42F2N4O7/c1-6-48-35(45)27-14-22(27)19-49-36-41-33-29(34(42-36)43-17-23-11-12-24(18-43)44(23)37(46)51-38(2,3)4)16-30(39)31(32(33)40)28-15-25(50-20-47-5)13-21-9-7-8-10-26(21)28/h7-10,13,15-16,22-24,27H,6,11-12,14,17-20H2,1-5H3. The van der Waals surface area contributed by atoms with Gasteiger partial charge in [-0.25, -0.2) is 13.6 Å². The van der Waals surface area contributed by atoms with Gasteiger partial charge in [-0.15, -0.1) is 0 Å². The van der Waals surface area contributed by atoms with E-state index in [0.717, 1.165) is 18.2 Å². The molecule has 7 rings (SSSR count). The molecule has 3 heterocycles. The summed E-state index contributed by atoms with van der Waals surface area (Å²) in [6.07, 6.45) is 1.74. The van der Waals surface area contributed by atoms with Gasteiger partial charge in [-0.1, -0.05) is 24.3 Å². The molecule has 11 nitrogen and oxygen atoms in total. The van der Waals surface area contributed by atoms with Gasteiger partial charge in [0.1, 0.15) is 28.5 Å². The van der Waals surface area contributed by atoms with Crippen molar-refractivity contribution in [2.45, 2.75) is 64.6 Å². The number of ether oxygens (including phenoxy) is 5. The van der Waals surface area contributed by atoms with E-state index in [2.05, 4.69) is 4.98 Å². The zero-order chi connectivity index (χ0) is 36.0. The Hall–Kier alpha value is -4.78. The highest BCUT2D eigenvalue weighted by Crippen LogP contribution is 2.43. The summed E-state index contributed by atoms with van der Waals surface area (Å²) >= 11 is 0. The Morgan fingerprint density at radius 1 is 0.980 bits per heavy atom. The number of hydrogen-bond donors (Lipinski definition) is 0. The zero-order valence-electron chi connectivity index (χ0n) is 29.4. The molecule has 1 saturated carbocycles. The molecular weight excluding hydrogens is 662 g/mol. The maximum Gasteiger partial charge on any atom is 0.410 e. The molecule has 1 amide bonds. The molecular formula is C38H42F2N4O7. The second-order valence-electron chi connectivity index (χ2n) is 14.4. The predicted octanol–water partition coefficient (Wildman–Crippen LogP) is 6.88. The molecule has 4 unspecified atom stereocenters. The number of nitrogens with zero attached hydrogens (tertiary/aromatic N) is 4. The van der Waals surface area contributed by atoms with Crippen LogP contribution in [0, 0.1) is 23.5 Å². The van der Waals surface area contributed by atoms with Gasteiger partial charge in [-0.2, -0.15) is 9.97 Å². The van der Waals surface area contributed by atoms with Crippen LogP contribution in [0.15, 0.2) is 42.5 Å². The first-order valence-electron chi connectivity index (χ1n) is 17.4. The van der Waals surface area contributed by atoms with Crippen molar-refractivity contribution in [2.24, 2.45) is 11.8 Å². The van der Waals surface area contributed by atoms with Crippen LogP contribution in [-0.2, 0) is 19.0 Å². The third kappa shape index (κ3) is 6.95. The highest BCUT2D eigenvalue weighted by Gasteiger charge is 2.46. The summed E-state index contributed by atoms with van der Waals surface area (Å²) in [6.45, 7) is 8.38. The molecule has 13 heteroatoms. The molecule has 2 bridgehead atoms. The summed E-state index contributed by atoms with van der Waals surface area (Å²) in [6, 6.07) is 11.5. The van der Waals surface area contributed by atoms with Crippen LogP contribution in [0.4, 0.5) is 19.4 Å². The summed E-state index contributed by atoms with van der Waals surface area (Å²) in [5.74, 6) is -1.62. The van der Waals surface area contributed by atoms with E-state index in [1.54, 1.807) is 36.1 Å². The van der Waals surface area contributed by atoms with E-state index >= 15 is 8.78 Å². The number of anilines is 1. The number of piperazine rings is 1. The quantitative estimate of drug-likeness (QED) is 0.128. The third-order valence-corrected chi connectivity index (χ3v) is 9.61. The normalized spacial score (nSPS) is 21.2. The van der Waals surface area contributed by atoms with Gasteiger partial charge in [0.25, 0.3) is 0 Å². The van der Waals surface area contributed by atoms with E-state index < -0.39 is 17.2 Å². The van der Waals surface area contributed by atoms with Gasteiger partial charge in [0.15, 0.2) is 12.6 Å². The Morgan fingerprint density at radius 2 is 1.73 bits per heavy atom. The summed E-state index contributed by atoms with van der Waals surface area (Å²) < 4.78 is 61.1. The molecule has 0 N–H and O–H groups in total. The van der Waals surface area contributed by atoms with Gasteiger partial charge >= 0.3 is 18.1 Å². The monoisotopic (exact) mass is 704 g/mol. The molecule has 0 spiro atoms. The number of esters is 1. The number of carbonyl (C=O) groups is 2. The largest absolute Gasteiger partial charge is 0.468 e. The average Bonchev–Trinajstić information content (AvgIpc) is 3.82. The van der Waals surface area contributed by atoms with Gasteiger partial charge in [0.2, 0.25) is 0 Å². The van der Waals surface area contributed by atoms with Crippen molar-refractivity contribution in [1.82, 2.24) is 14.9 Å². The van der Waals surface area contributed by atoms with Crippen LogP contribution in [0.5, 0.6) is 11.8 Å². The first-order chi connectivity index (χ1) is 24.5. The number of methoxy groups -OCH3 is 1. The fourth-order valence-corrected chi connectivity index (χ4v) is 7.25. The number of halogens is 2. The number of amides is 1. The van der Waals surface area contributed by atoms with Crippen LogP contribution in [0.2, 0.25) is 0 Å². The first-order valence-corrected chi connectivity index (χ1v) is 17.4. The van der Waals surface area contributed by atoms with Crippen LogP contribution in [0.1, 0.15) is 47.0 Å². The maximum atomic E-state index is 17.0. The van der Waals surface area contributed by atoms with Crippen molar-refractivity contribution < 1.29 is 42.1 Å². The third-order valence-electron chi connectivity index (χ3n) is 9.61. The van der Waals surface area contributed by atoms with Crippen molar-refractivity contribution in [3.05, 3.63) is 54.1 Å². The van der Waals surface area contributed by atoms with Gasteiger partial charge in [0.05, 0.1) is 36.8 Å². The topological polar surface area (TPSA) is 113 Å². The van der Waals surface area contributed by atoms with E-state index in [-0.39, 0.29) is 84.0 Å². The lowest BCUT2D eigenvalue weighted by Crippen LogP contribution is -2.57. The smallest absolute Gasteiger partial charge is 0.410 e. The Bertz CT molecular complexity index is 1970. The van der Waals surface area contributed by atoms with Crippen molar-refractivity contribution in [1.29, 1.82) is 0 Å². The fraction of sp³-hybridized carbons (Fsp3) is 0.474. The van der Waals surface area contributed by atoms with E-state index in [1.807, 2.05) is 37.8 Å². The molecule has 3 fully saturated rings. The summed E-state index contributed by atoms with van der Waals surface area (Å²) in [7, 11) is 1.49. The molecule has 3 aliphatic rings. The lowest BCUT2D eigenvalue weighted by molar-refractivity contribution is -0.145. The molecule has 270 valence electrons. The Labute approximate surface area is 294 Å². The highest BCUT2D eigenvalue weighted by molar-refractivity contribution is 6.01. The number of hydrogen-bond acceptors (Lipinski definition) is 10. The van der Waals surface area contributed by atoms with Crippen LogP contribution >= 0.6 is 0 Å². The Morgan fingerprint density at radius 3 is 2.43 bits per heavy atom. The van der Waals surface area contributed by atoms with Gasteiger partial charge < -0.3 is 28.6 Å². The lowest BCUT2D eigenvalue weighted by atomic mass is 9.95. The Kier molecular flexibility index (Phi) is 9.34. The maximum absolute atomic E-state index is 17.0. The van der Waals surface area contributed by atoms with Crippen LogP contribution < -0.4 is 14.4 Å². The minimum Gasteiger partial charge on any atom is -0.468 e. The number of fused-ring (bicyclic) bond motifs is 4. The van der Waals surface area contributed by atoms with Gasteiger partial charge in [-0.3, -0.25) is 9.69 Å². The fourth-order valence-electron chi connectivity index (χ4n) is 7.25. The number of benzene rings is 3. The molecule has 0 radical (unpaired) electrons. The zero-order valence-corrected chi connectivity index (χ0v) is 29.4. The molecule has 1 aliphatic carbocycles. The number of rotatable bonds is 10. The number of carbonyl (C=O) groups excluding carboxylic acids is 2. The molecule has 4 atom stereocenters. The first kappa shape index (κ1) is 34.7. The SMILES string of the molecule is CCOC(=O)C1CC1COc1nc(N2CC3CCC(C2)N3C(=O)OC(C)(C)C)c2cc(F)c(-c3cc(OCOC)cc4ccccc34)c(F)c2n1. The molecule has 51 heavy (non-hydrogen) atoms. The van der Waals surface area contributed by atoms with Crippen molar-refractivity contribution in [3.63, 3.8) is 0 Å². The highest BCUT2D eigenvalue weighted by atomic mass is 19.1.